The average Bonchev–Trinajstić information content (AvgIpc) is 2.35. The molecule has 0 heterocycles. The summed E-state index contributed by atoms with van der Waals surface area (Å²) < 4.78 is 14.4. The van der Waals surface area contributed by atoms with Crippen LogP contribution in [0.2, 0.25) is 0 Å². The molecule has 0 aliphatic heterocycles. The van der Waals surface area contributed by atoms with E-state index < -0.39 is 5.82 Å². The lowest BCUT2D eigenvalue weighted by molar-refractivity contribution is 0.0989. The van der Waals surface area contributed by atoms with E-state index in [0.717, 1.165) is 10.0 Å². The molecule has 0 aliphatic rings. The van der Waals surface area contributed by atoms with Gasteiger partial charge in [0, 0.05) is 16.6 Å². The van der Waals surface area contributed by atoms with Crippen molar-refractivity contribution in [1.82, 2.24) is 0 Å². The highest BCUT2D eigenvalue weighted by atomic mass is 79.9. The Labute approximate surface area is 113 Å². The smallest absolute Gasteiger partial charge is 0.170 e. The van der Waals surface area contributed by atoms with Crippen LogP contribution in [0.5, 0.6) is 0 Å². The monoisotopic (exact) mass is 307 g/mol. The molecule has 2 nitrogen and oxygen atoms in total. The molecule has 0 saturated heterocycles. The van der Waals surface area contributed by atoms with Gasteiger partial charge in [0.25, 0.3) is 0 Å². The molecule has 2 N–H and O–H groups in total. The number of nitrogens with two attached hydrogens (primary N) is 1. The highest BCUT2D eigenvalue weighted by Crippen LogP contribution is 2.16. The third-order valence-corrected chi connectivity index (χ3v) is 3.10. The van der Waals surface area contributed by atoms with Crippen molar-refractivity contribution in [3.05, 3.63) is 63.9 Å². The first-order valence-electron chi connectivity index (χ1n) is 5.39. The fourth-order valence-electron chi connectivity index (χ4n) is 1.64. The molecule has 0 spiro atoms. The minimum absolute atomic E-state index is 0.0397. The van der Waals surface area contributed by atoms with E-state index in [1.165, 1.54) is 18.2 Å². The van der Waals surface area contributed by atoms with Crippen molar-refractivity contribution in [2.75, 3.05) is 5.73 Å². The quantitative estimate of drug-likeness (QED) is 0.695. The van der Waals surface area contributed by atoms with Gasteiger partial charge in [0.05, 0.1) is 5.56 Å². The fourth-order valence-corrected chi connectivity index (χ4v) is 1.90. The summed E-state index contributed by atoms with van der Waals surface area (Å²) in [6.45, 7) is 0. The number of carbonyl (C=O) groups excluding carboxylic acids is 1. The van der Waals surface area contributed by atoms with E-state index in [0.29, 0.717) is 5.69 Å². The molecule has 2 aromatic rings. The summed E-state index contributed by atoms with van der Waals surface area (Å²) in [7, 11) is 0. The minimum Gasteiger partial charge on any atom is -0.399 e. The lowest BCUT2D eigenvalue weighted by Gasteiger charge is -2.04. The van der Waals surface area contributed by atoms with Crippen molar-refractivity contribution >= 4 is 27.4 Å². The summed E-state index contributed by atoms with van der Waals surface area (Å²) in [6.07, 6.45) is 0.160. The van der Waals surface area contributed by atoms with Crippen LogP contribution in [0.1, 0.15) is 15.9 Å². The van der Waals surface area contributed by atoms with Gasteiger partial charge in [0.15, 0.2) is 5.78 Å². The number of anilines is 1. The van der Waals surface area contributed by atoms with Crippen LogP contribution in [-0.4, -0.2) is 5.78 Å². The molecule has 2 aromatic carbocycles. The second-order valence-corrected chi connectivity index (χ2v) is 4.88. The van der Waals surface area contributed by atoms with E-state index >= 15 is 0 Å². The minimum atomic E-state index is -0.536. The predicted molar refractivity (Wildman–Crippen MR) is 73.0 cm³/mol. The van der Waals surface area contributed by atoms with Crippen LogP contribution in [-0.2, 0) is 6.42 Å². The summed E-state index contributed by atoms with van der Waals surface area (Å²) in [4.78, 5) is 12.0. The molecule has 92 valence electrons. The molecular formula is C14H11BrFNO. The summed E-state index contributed by atoms with van der Waals surface area (Å²) in [6, 6.07) is 11.4. The molecule has 0 aliphatic carbocycles. The van der Waals surface area contributed by atoms with Gasteiger partial charge < -0.3 is 5.73 Å². The normalized spacial score (nSPS) is 10.3. The van der Waals surface area contributed by atoms with Crippen molar-refractivity contribution in [3.8, 4) is 0 Å². The summed E-state index contributed by atoms with van der Waals surface area (Å²) >= 11 is 3.32. The molecule has 0 aromatic heterocycles. The van der Waals surface area contributed by atoms with Crippen LogP contribution in [0.3, 0.4) is 0 Å². The topological polar surface area (TPSA) is 43.1 Å². The Bertz CT molecular complexity index is 581. The van der Waals surface area contributed by atoms with Crippen molar-refractivity contribution in [2.24, 2.45) is 0 Å². The highest BCUT2D eigenvalue weighted by molar-refractivity contribution is 9.10. The van der Waals surface area contributed by atoms with Crippen molar-refractivity contribution < 1.29 is 9.18 Å². The number of Topliss-reactive ketones (excluding diaryl/α,β-unsaturated/α-hetero) is 1. The third kappa shape index (κ3) is 2.96. The largest absolute Gasteiger partial charge is 0.399 e. The maximum Gasteiger partial charge on any atom is 0.170 e. The number of benzene rings is 2. The maximum absolute atomic E-state index is 13.5. The lowest BCUT2D eigenvalue weighted by atomic mass is 10.0. The van der Waals surface area contributed by atoms with E-state index in [2.05, 4.69) is 15.9 Å². The molecular weight excluding hydrogens is 297 g/mol. The lowest BCUT2D eigenvalue weighted by Crippen LogP contribution is -2.07. The van der Waals surface area contributed by atoms with Gasteiger partial charge >= 0.3 is 0 Å². The van der Waals surface area contributed by atoms with Crippen molar-refractivity contribution in [1.29, 1.82) is 0 Å². The number of hydrogen-bond acceptors (Lipinski definition) is 2. The molecule has 0 saturated carbocycles. The zero-order valence-electron chi connectivity index (χ0n) is 9.49. The van der Waals surface area contributed by atoms with Crippen molar-refractivity contribution in [2.45, 2.75) is 6.42 Å². The summed E-state index contributed by atoms with van der Waals surface area (Å²) in [5, 5.41) is 0. The Morgan fingerprint density at radius 3 is 2.50 bits per heavy atom. The molecule has 2 rings (SSSR count). The Hall–Kier alpha value is -1.68. The van der Waals surface area contributed by atoms with Crippen LogP contribution < -0.4 is 5.73 Å². The standard InChI is InChI=1S/C14H11BrFNO/c15-10-3-1-9(2-4-10)7-14(18)12-8-11(17)5-6-13(12)16/h1-6,8H,7,17H2. The van der Waals surface area contributed by atoms with Crippen LogP contribution in [0.25, 0.3) is 0 Å². The number of nitrogen functional groups attached to an aromatic ring is 1. The zero-order chi connectivity index (χ0) is 13.1. The first-order valence-corrected chi connectivity index (χ1v) is 6.18. The fraction of sp³-hybridized carbons (Fsp3) is 0.0714. The average molecular weight is 308 g/mol. The van der Waals surface area contributed by atoms with Crippen LogP contribution in [0.15, 0.2) is 46.9 Å². The van der Waals surface area contributed by atoms with E-state index in [-0.39, 0.29) is 17.8 Å². The molecule has 0 atom stereocenters. The Balaban J connectivity index is 2.21. The van der Waals surface area contributed by atoms with E-state index in [4.69, 9.17) is 5.73 Å². The van der Waals surface area contributed by atoms with E-state index in [1.54, 1.807) is 0 Å². The number of rotatable bonds is 3. The summed E-state index contributed by atoms with van der Waals surface area (Å²) in [5.41, 5.74) is 6.82. The first kappa shape index (κ1) is 12.8. The van der Waals surface area contributed by atoms with Crippen LogP contribution in [0, 0.1) is 5.82 Å². The first-order chi connectivity index (χ1) is 8.56. The van der Waals surface area contributed by atoms with Gasteiger partial charge in [-0.05, 0) is 35.9 Å². The van der Waals surface area contributed by atoms with Crippen LogP contribution >= 0.6 is 15.9 Å². The number of halogens is 2. The van der Waals surface area contributed by atoms with Gasteiger partial charge in [-0.2, -0.15) is 0 Å². The van der Waals surface area contributed by atoms with Gasteiger partial charge in [-0.1, -0.05) is 28.1 Å². The maximum atomic E-state index is 13.5. The molecule has 4 heteroatoms. The third-order valence-electron chi connectivity index (χ3n) is 2.57. The predicted octanol–water partition coefficient (Wildman–Crippen LogP) is 3.60. The molecule has 0 amide bonds. The van der Waals surface area contributed by atoms with Gasteiger partial charge in [0.1, 0.15) is 5.82 Å². The number of carbonyl (C=O) groups is 1. The van der Waals surface area contributed by atoms with Crippen LogP contribution in [0.4, 0.5) is 10.1 Å². The molecule has 0 unspecified atom stereocenters. The SMILES string of the molecule is Nc1ccc(F)c(C(=O)Cc2ccc(Br)cc2)c1. The molecule has 0 radical (unpaired) electrons. The van der Waals surface area contributed by atoms with Gasteiger partial charge in [-0.15, -0.1) is 0 Å². The van der Waals surface area contributed by atoms with Gasteiger partial charge in [-0.25, -0.2) is 4.39 Å². The van der Waals surface area contributed by atoms with Crippen molar-refractivity contribution in [3.63, 3.8) is 0 Å². The van der Waals surface area contributed by atoms with E-state index in [1.807, 2.05) is 24.3 Å². The number of ketones is 1. The summed E-state index contributed by atoms with van der Waals surface area (Å²) in [5.74, 6) is -0.812. The van der Waals surface area contributed by atoms with Gasteiger partial charge in [-0.3, -0.25) is 4.79 Å². The number of hydrogen-bond donors (Lipinski definition) is 1. The highest BCUT2D eigenvalue weighted by Gasteiger charge is 2.12. The second-order valence-electron chi connectivity index (χ2n) is 3.97. The molecule has 18 heavy (non-hydrogen) atoms. The zero-order valence-corrected chi connectivity index (χ0v) is 11.1. The Morgan fingerprint density at radius 2 is 1.83 bits per heavy atom. The Kier molecular flexibility index (Phi) is 3.77. The second kappa shape index (κ2) is 5.31. The molecule has 0 fully saturated rings. The Morgan fingerprint density at radius 1 is 1.17 bits per heavy atom. The molecule has 0 bridgehead atoms. The van der Waals surface area contributed by atoms with E-state index in [9.17, 15) is 9.18 Å². The van der Waals surface area contributed by atoms with Gasteiger partial charge in [0.2, 0.25) is 0 Å².